The normalized spacial score (nSPS) is 47.8. The molecule has 8 rings (SSSR count). The molecule has 4 unspecified atom stereocenters. The van der Waals surface area contributed by atoms with Gasteiger partial charge >= 0.3 is 0 Å². The number of likely N-dealkylation sites (tertiary alicyclic amines) is 1. The lowest BCUT2D eigenvalue weighted by Gasteiger charge is -2.74. The van der Waals surface area contributed by atoms with Crippen LogP contribution in [0.3, 0.4) is 0 Å². The number of nitrogens with zero attached hydrogens (tertiary/aromatic N) is 1. The van der Waals surface area contributed by atoms with Gasteiger partial charge in [0.15, 0.2) is 11.6 Å². The first kappa shape index (κ1) is 16.6. The molecule has 4 bridgehead atoms. The van der Waals surface area contributed by atoms with Crippen LogP contribution in [0.25, 0.3) is 0 Å². The van der Waals surface area contributed by atoms with Crippen molar-refractivity contribution in [2.45, 2.75) is 75.0 Å². The largest absolute Gasteiger partial charge is 0.483 e. The summed E-state index contributed by atoms with van der Waals surface area (Å²) >= 11 is 0. The molecule has 4 saturated carbocycles. The Bertz CT molecular complexity index is 872. The Morgan fingerprint density at radius 2 is 2.00 bits per heavy atom. The van der Waals surface area contributed by atoms with Crippen LogP contribution in [0, 0.1) is 23.1 Å². The van der Waals surface area contributed by atoms with E-state index in [4.69, 9.17) is 9.47 Å². The third-order valence-electron chi connectivity index (χ3n) is 9.92. The number of ether oxygens (including phenoxy) is 2. The Labute approximate surface area is 166 Å². The maximum atomic E-state index is 15.0. The first-order chi connectivity index (χ1) is 13.6. The molecule has 0 radical (unpaired) electrons. The topological polar surface area (TPSA) is 21.7 Å². The van der Waals surface area contributed by atoms with E-state index in [2.05, 4.69) is 17.9 Å². The van der Waals surface area contributed by atoms with E-state index in [0.29, 0.717) is 17.7 Å². The molecule has 0 amide bonds. The summed E-state index contributed by atoms with van der Waals surface area (Å²) in [7, 11) is 1.85. The lowest BCUT2D eigenvalue weighted by atomic mass is 9.34. The minimum atomic E-state index is -0.251. The van der Waals surface area contributed by atoms with E-state index in [9.17, 15) is 4.39 Å². The fourth-order valence-electron chi connectivity index (χ4n) is 8.76. The minimum absolute atomic E-state index is 0.0287. The highest BCUT2D eigenvalue weighted by Gasteiger charge is 2.80. The third-order valence-corrected chi connectivity index (χ3v) is 9.92. The van der Waals surface area contributed by atoms with Crippen LogP contribution in [0.15, 0.2) is 12.1 Å². The van der Waals surface area contributed by atoms with Crippen LogP contribution in [0.2, 0.25) is 0 Å². The van der Waals surface area contributed by atoms with Gasteiger partial charge in [-0.2, -0.15) is 0 Å². The lowest BCUT2D eigenvalue weighted by Crippen LogP contribution is -2.81. The fourth-order valence-corrected chi connectivity index (χ4v) is 8.76. The lowest BCUT2D eigenvalue weighted by molar-refractivity contribution is -0.265. The van der Waals surface area contributed by atoms with E-state index in [1.54, 1.807) is 6.07 Å². The number of piperidine rings is 1. The van der Waals surface area contributed by atoms with Crippen LogP contribution in [0.4, 0.5) is 4.39 Å². The average Bonchev–Trinajstić information content (AvgIpc) is 3.43. The minimum Gasteiger partial charge on any atom is -0.483 e. The summed E-state index contributed by atoms with van der Waals surface area (Å²) in [5, 5.41) is 0. The molecule has 0 aromatic heterocycles. The van der Waals surface area contributed by atoms with Crippen LogP contribution in [-0.4, -0.2) is 42.8 Å². The second kappa shape index (κ2) is 4.95. The summed E-state index contributed by atoms with van der Waals surface area (Å²) in [5.74, 6) is 1.76. The number of halogens is 1. The number of hydrogen-bond donors (Lipinski definition) is 0. The summed E-state index contributed by atoms with van der Waals surface area (Å²) in [5.41, 5.74) is 2.49. The van der Waals surface area contributed by atoms with E-state index >= 15 is 0 Å². The number of hydrogen-bond acceptors (Lipinski definition) is 3. The molecular weight excluding hydrogens is 353 g/mol. The molecule has 150 valence electrons. The Balaban J connectivity index is 1.51. The van der Waals surface area contributed by atoms with Crippen molar-refractivity contribution < 1.29 is 13.9 Å². The molecule has 1 aromatic rings. The van der Waals surface area contributed by atoms with Crippen molar-refractivity contribution in [1.29, 1.82) is 0 Å². The highest BCUT2D eigenvalue weighted by molar-refractivity contribution is 5.59. The molecule has 1 saturated heterocycles. The van der Waals surface area contributed by atoms with E-state index < -0.39 is 0 Å². The van der Waals surface area contributed by atoms with Crippen molar-refractivity contribution in [3.63, 3.8) is 0 Å². The van der Waals surface area contributed by atoms with E-state index in [0.717, 1.165) is 31.7 Å². The zero-order valence-electron chi connectivity index (χ0n) is 17.0. The number of fused-ring (bicyclic) bond motifs is 2. The molecule has 2 spiro atoms. The second-order valence-electron chi connectivity index (χ2n) is 10.7. The maximum Gasteiger partial charge on any atom is 0.165 e. The predicted octanol–water partition coefficient (Wildman–Crippen LogP) is 4.07. The van der Waals surface area contributed by atoms with Gasteiger partial charge in [-0.25, -0.2) is 4.39 Å². The molecule has 5 aliphatic carbocycles. The molecule has 2 heterocycles. The van der Waals surface area contributed by atoms with Gasteiger partial charge in [0.25, 0.3) is 0 Å². The molecule has 3 nitrogen and oxygen atoms in total. The molecule has 0 N–H and O–H groups in total. The quantitative estimate of drug-likeness (QED) is 0.785. The molecular formula is C24H30FNO2. The molecule has 28 heavy (non-hydrogen) atoms. The van der Waals surface area contributed by atoms with Gasteiger partial charge in [-0.1, -0.05) is 13.0 Å². The van der Waals surface area contributed by atoms with Gasteiger partial charge in [0.05, 0.1) is 5.41 Å². The predicted molar refractivity (Wildman–Crippen MR) is 104 cm³/mol. The van der Waals surface area contributed by atoms with Crippen molar-refractivity contribution in [2.24, 2.45) is 17.3 Å². The number of rotatable bonds is 3. The van der Waals surface area contributed by atoms with Crippen LogP contribution in [0.5, 0.6) is 5.75 Å². The first-order valence-electron chi connectivity index (χ1n) is 11.3. The van der Waals surface area contributed by atoms with Gasteiger partial charge in [-0.15, -0.1) is 0 Å². The van der Waals surface area contributed by atoms with E-state index in [1.807, 2.05) is 7.11 Å². The van der Waals surface area contributed by atoms with Crippen molar-refractivity contribution >= 4 is 0 Å². The monoisotopic (exact) mass is 383 g/mol. The molecule has 4 atom stereocenters. The molecule has 1 aromatic carbocycles. The van der Waals surface area contributed by atoms with Gasteiger partial charge in [0, 0.05) is 37.2 Å². The SMILES string of the molecule is COC12CCC3(CC1)C1Cc4ccc(F)c5c4C3(C(C)CN1CC1CC1)C2O5. The maximum absolute atomic E-state index is 15.0. The zero-order chi connectivity index (χ0) is 18.9. The molecule has 7 aliphatic rings. The smallest absolute Gasteiger partial charge is 0.165 e. The van der Waals surface area contributed by atoms with Crippen LogP contribution in [-0.2, 0) is 16.6 Å². The third kappa shape index (κ3) is 1.57. The Hall–Kier alpha value is -1.13. The summed E-state index contributed by atoms with van der Waals surface area (Å²) in [6, 6.07) is 4.29. The van der Waals surface area contributed by atoms with Crippen molar-refractivity contribution in [3.8, 4) is 5.75 Å². The molecule has 5 fully saturated rings. The summed E-state index contributed by atoms with van der Waals surface area (Å²) in [6.45, 7) is 4.81. The zero-order valence-corrected chi connectivity index (χ0v) is 17.0. The summed E-state index contributed by atoms with van der Waals surface area (Å²) in [4.78, 5) is 2.85. The molecule has 4 heteroatoms. The summed E-state index contributed by atoms with van der Waals surface area (Å²) in [6.07, 6.45) is 8.36. The number of benzene rings is 1. The fraction of sp³-hybridized carbons (Fsp3) is 0.750. The van der Waals surface area contributed by atoms with Crippen LogP contribution in [0.1, 0.15) is 56.6 Å². The Morgan fingerprint density at radius 1 is 1.21 bits per heavy atom. The van der Waals surface area contributed by atoms with Gasteiger partial charge in [-0.3, -0.25) is 4.90 Å². The van der Waals surface area contributed by atoms with Crippen LogP contribution >= 0.6 is 0 Å². The van der Waals surface area contributed by atoms with Gasteiger partial charge in [0.2, 0.25) is 0 Å². The highest BCUT2D eigenvalue weighted by atomic mass is 19.1. The summed E-state index contributed by atoms with van der Waals surface area (Å²) < 4.78 is 27.8. The molecule has 2 aliphatic heterocycles. The van der Waals surface area contributed by atoms with Crippen LogP contribution < -0.4 is 4.74 Å². The Kier molecular flexibility index (Phi) is 2.94. The average molecular weight is 384 g/mol. The van der Waals surface area contributed by atoms with Crippen molar-refractivity contribution in [3.05, 3.63) is 29.1 Å². The highest BCUT2D eigenvalue weighted by Crippen LogP contribution is 2.76. The standard InChI is InChI=1S/C24H30FNO2/c1-14-12-26(13-15-3-4-15)18-11-16-5-6-17(25)20-19(16)24(14)21(28-20)23(27-2)9-7-22(18,24)8-10-23/h5-6,14-15,18,21H,3-4,7-13H2,1-2H3. The van der Waals surface area contributed by atoms with Gasteiger partial charge < -0.3 is 9.47 Å². The second-order valence-corrected chi connectivity index (χ2v) is 10.7. The van der Waals surface area contributed by atoms with Crippen molar-refractivity contribution in [2.75, 3.05) is 20.2 Å². The first-order valence-corrected chi connectivity index (χ1v) is 11.3. The number of methoxy groups -OCH3 is 1. The Morgan fingerprint density at radius 3 is 2.71 bits per heavy atom. The van der Waals surface area contributed by atoms with E-state index in [-0.39, 0.29) is 28.4 Å². The van der Waals surface area contributed by atoms with Gasteiger partial charge in [-0.05, 0) is 68.4 Å². The van der Waals surface area contributed by atoms with Gasteiger partial charge in [0.1, 0.15) is 11.7 Å². The van der Waals surface area contributed by atoms with E-state index in [1.165, 1.54) is 43.4 Å². The van der Waals surface area contributed by atoms with Crippen molar-refractivity contribution in [1.82, 2.24) is 4.90 Å².